The molecule has 0 radical (unpaired) electrons. The van der Waals surface area contributed by atoms with E-state index in [1.807, 2.05) is 24.3 Å². The van der Waals surface area contributed by atoms with Gasteiger partial charge in [-0.05, 0) is 59.4 Å². The van der Waals surface area contributed by atoms with Crippen LogP contribution in [-0.2, 0) is 16.0 Å². The summed E-state index contributed by atoms with van der Waals surface area (Å²) in [6.45, 7) is 2.25. The van der Waals surface area contributed by atoms with Crippen LogP contribution in [-0.4, -0.2) is 11.9 Å². The standard InChI is InChI=1S/C30H29Cl2NO2/c1-2-3-4-5-6-7-9-21-12-14-22(15-13-21)23-16-18-24(19-17-23)29-33-27(30(34)35-29)20-25-10-8-11-26(31)28(25)32/h8,10-20H,2-7,9H2,1H3. The molecule has 0 aromatic heterocycles. The van der Waals surface area contributed by atoms with E-state index in [1.54, 1.807) is 24.3 Å². The van der Waals surface area contributed by atoms with Crippen LogP contribution in [0.2, 0.25) is 10.0 Å². The average molecular weight is 506 g/mol. The monoisotopic (exact) mass is 505 g/mol. The van der Waals surface area contributed by atoms with Crippen molar-refractivity contribution in [2.45, 2.75) is 51.9 Å². The zero-order valence-corrected chi connectivity index (χ0v) is 21.4. The van der Waals surface area contributed by atoms with Crippen molar-refractivity contribution in [3.05, 3.63) is 99.2 Å². The van der Waals surface area contributed by atoms with E-state index in [9.17, 15) is 4.79 Å². The maximum atomic E-state index is 12.3. The molecule has 1 aliphatic heterocycles. The summed E-state index contributed by atoms with van der Waals surface area (Å²) in [4.78, 5) is 16.7. The fourth-order valence-electron chi connectivity index (χ4n) is 4.09. The largest absolute Gasteiger partial charge is 0.402 e. The lowest BCUT2D eigenvalue weighted by Crippen LogP contribution is -2.05. The summed E-state index contributed by atoms with van der Waals surface area (Å²) < 4.78 is 5.40. The van der Waals surface area contributed by atoms with Crippen molar-refractivity contribution in [2.75, 3.05) is 0 Å². The summed E-state index contributed by atoms with van der Waals surface area (Å²) in [6.07, 6.45) is 10.6. The Morgan fingerprint density at radius 1 is 0.800 bits per heavy atom. The van der Waals surface area contributed by atoms with Gasteiger partial charge < -0.3 is 4.74 Å². The number of hydrogen-bond donors (Lipinski definition) is 0. The molecule has 180 valence electrons. The van der Waals surface area contributed by atoms with Gasteiger partial charge in [0.05, 0.1) is 10.0 Å². The molecule has 0 spiro atoms. The quantitative estimate of drug-likeness (QED) is 0.156. The van der Waals surface area contributed by atoms with Gasteiger partial charge in [-0.15, -0.1) is 0 Å². The minimum absolute atomic E-state index is 0.189. The van der Waals surface area contributed by atoms with E-state index in [1.165, 1.54) is 44.1 Å². The van der Waals surface area contributed by atoms with Crippen LogP contribution in [0.3, 0.4) is 0 Å². The SMILES string of the molecule is CCCCCCCCc1ccc(-c2ccc(C3=NC(=Cc4cccc(Cl)c4Cl)C(=O)O3)cc2)cc1. The van der Waals surface area contributed by atoms with Crippen LogP contribution >= 0.6 is 23.2 Å². The number of esters is 1. The maximum Gasteiger partial charge on any atom is 0.363 e. The Bertz CT molecular complexity index is 1230. The molecule has 0 atom stereocenters. The first-order chi connectivity index (χ1) is 17.0. The van der Waals surface area contributed by atoms with E-state index in [4.69, 9.17) is 27.9 Å². The molecule has 1 heterocycles. The molecule has 0 saturated carbocycles. The fraction of sp³-hybridized carbons (Fsp3) is 0.267. The van der Waals surface area contributed by atoms with E-state index < -0.39 is 5.97 Å². The number of halogens is 2. The molecule has 0 fully saturated rings. The van der Waals surface area contributed by atoms with Gasteiger partial charge in [-0.25, -0.2) is 9.79 Å². The molecule has 0 bridgehead atoms. The highest BCUT2D eigenvalue weighted by Crippen LogP contribution is 2.29. The molecular formula is C30H29Cl2NO2. The molecule has 0 saturated heterocycles. The first-order valence-corrected chi connectivity index (χ1v) is 13.0. The number of aryl methyl sites for hydroxylation is 1. The van der Waals surface area contributed by atoms with Crippen molar-refractivity contribution in [3.8, 4) is 11.1 Å². The van der Waals surface area contributed by atoms with Crippen LogP contribution in [0.15, 0.2) is 77.4 Å². The van der Waals surface area contributed by atoms with Crippen molar-refractivity contribution in [1.82, 2.24) is 0 Å². The van der Waals surface area contributed by atoms with Crippen molar-refractivity contribution in [3.63, 3.8) is 0 Å². The van der Waals surface area contributed by atoms with Crippen LogP contribution in [0.1, 0.15) is 62.1 Å². The number of rotatable bonds is 10. The molecule has 4 rings (SSSR count). The molecule has 0 N–H and O–H groups in total. The Morgan fingerprint density at radius 3 is 2.14 bits per heavy atom. The summed E-state index contributed by atoms with van der Waals surface area (Å²) in [5, 5.41) is 0.795. The van der Waals surface area contributed by atoms with Crippen LogP contribution in [0.4, 0.5) is 0 Å². The maximum absolute atomic E-state index is 12.3. The molecule has 3 aromatic carbocycles. The molecule has 3 aromatic rings. The van der Waals surface area contributed by atoms with E-state index >= 15 is 0 Å². The molecule has 3 nitrogen and oxygen atoms in total. The van der Waals surface area contributed by atoms with Gasteiger partial charge in [-0.1, -0.05) is 111 Å². The van der Waals surface area contributed by atoms with Crippen LogP contribution in [0, 0.1) is 0 Å². The number of ether oxygens (including phenoxy) is 1. The van der Waals surface area contributed by atoms with Gasteiger partial charge in [0.15, 0.2) is 5.70 Å². The van der Waals surface area contributed by atoms with Crippen LogP contribution < -0.4 is 0 Å². The lowest BCUT2D eigenvalue weighted by atomic mass is 10.00. The predicted molar refractivity (Wildman–Crippen MR) is 146 cm³/mol. The molecule has 0 aliphatic carbocycles. The Morgan fingerprint density at radius 2 is 1.43 bits per heavy atom. The first-order valence-electron chi connectivity index (χ1n) is 12.2. The highest BCUT2D eigenvalue weighted by atomic mass is 35.5. The molecular weight excluding hydrogens is 477 g/mol. The zero-order chi connectivity index (χ0) is 24.6. The number of unbranched alkanes of at least 4 members (excludes halogenated alkanes) is 5. The van der Waals surface area contributed by atoms with Crippen molar-refractivity contribution >= 4 is 41.1 Å². The number of carbonyl (C=O) groups excluding carboxylic acids is 1. The molecule has 0 amide bonds. The number of aliphatic imine (C=N–C) groups is 1. The third-order valence-corrected chi connectivity index (χ3v) is 6.97. The molecule has 1 aliphatic rings. The Hall–Kier alpha value is -2.88. The number of carbonyl (C=O) groups is 1. The highest BCUT2D eigenvalue weighted by molar-refractivity contribution is 6.43. The van der Waals surface area contributed by atoms with E-state index in [2.05, 4.69) is 36.2 Å². The summed E-state index contributed by atoms with van der Waals surface area (Å²) in [5.74, 6) is -0.235. The topological polar surface area (TPSA) is 38.7 Å². The minimum atomic E-state index is -0.513. The smallest absolute Gasteiger partial charge is 0.363 e. The lowest BCUT2D eigenvalue weighted by molar-refractivity contribution is -0.129. The van der Waals surface area contributed by atoms with E-state index in [0.29, 0.717) is 15.6 Å². The van der Waals surface area contributed by atoms with Crippen LogP contribution in [0.25, 0.3) is 17.2 Å². The van der Waals surface area contributed by atoms with E-state index in [0.717, 1.165) is 23.1 Å². The van der Waals surface area contributed by atoms with Crippen molar-refractivity contribution in [2.24, 2.45) is 4.99 Å². The van der Waals surface area contributed by atoms with Crippen molar-refractivity contribution in [1.29, 1.82) is 0 Å². The second kappa shape index (κ2) is 12.2. The first kappa shape index (κ1) is 25.2. The third-order valence-electron chi connectivity index (χ3n) is 6.13. The molecule has 5 heteroatoms. The van der Waals surface area contributed by atoms with Gasteiger partial charge >= 0.3 is 5.97 Å². The summed E-state index contributed by atoms with van der Waals surface area (Å²) in [7, 11) is 0. The Kier molecular flexibility index (Phi) is 8.79. The number of cyclic esters (lactones) is 1. The Balaban J connectivity index is 1.40. The fourth-order valence-corrected chi connectivity index (χ4v) is 4.45. The summed E-state index contributed by atoms with van der Waals surface area (Å²) in [6, 6.07) is 21.9. The summed E-state index contributed by atoms with van der Waals surface area (Å²) in [5.41, 5.74) is 5.19. The second-order valence-corrected chi connectivity index (χ2v) is 9.56. The predicted octanol–water partition coefficient (Wildman–Crippen LogP) is 8.91. The molecule has 0 unspecified atom stereocenters. The number of nitrogens with zero attached hydrogens (tertiary/aromatic N) is 1. The minimum Gasteiger partial charge on any atom is -0.402 e. The van der Waals surface area contributed by atoms with Gasteiger partial charge in [0.1, 0.15) is 0 Å². The van der Waals surface area contributed by atoms with Crippen molar-refractivity contribution < 1.29 is 9.53 Å². The number of benzene rings is 3. The number of hydrogen-bond acceptors (Lipinski definition) is 3. The zero-order valence-electron chi connectivity index (χ0n) is 19.9. The highest BCUT2D eigenvalue weighted by Gasteiger charge is 2.24. The van der Waals surface area contributed by atoms with Gasteiger partial charge in [0, 0.05) is 5.56 Å². The van der Waals surface area contributed by atoms with Gasteiger partial charge in [-0.3, -0.25) is 0 Å². The van der Waals surface area contributed by atoms with Gasteiger partial charge in [0.2, 0.25) is 5.90 Å². The van der Waals surface area contributed by atoms with Gasteiger partial charge in [0.25, 0.3) is 0 Å². The van der Waals surface area contributed by atoms with Gasteiger partial charge in [-0.2, -0.15) is 0 Å². The second-order valence-electron chi connectivity index (χ2n) is 8.77. The summed E-state index contributed by atoms with van der Waals surface area (Å²) >= 11 is 12.3. The Labute approximate surface area is 217 Å². The normalized spacial score (nSPS) is 14.3. The third kappa shape index (κ3) is 6.62. The molecule has 35 heavy (non-hydrogen) atoms. The average Bonchev–Trinajstić information content (AvgIpc) is 3.24. The van der Waals surface area contributed by atoms with E-state index in [-0.39, 0.29) is 11.6 Å². The lowest BCUT2D eigenvalue weighted by Gasteiger charge is -2.06. The van der Waals surface area contributed by atoms with Crippen LogP contribution in [0.5, 0.6) is 0 Å².